The summed E-state index contributed by atoms with van der Waals surface area (Å²) in [6.07, 6.45) is 1.87. The number of hydrogen-bond acceptors (Lipinski definition) is 10. The maximum Gasteiger partial charge on any atom is 0.309 e. The van der Waals surface area contributed by atoms with Gasteiger partial charge in [0.2, 0.25) is 0 Å². The Kier molecular flexibility index (Phi) is 24.3. The van der Waals surface area contributed by atoms with E-state index < -0.39 is 11.9 Å². The summed E-state index contributed by atoms with van der Waals surface area (Å²) >= 11 is 0. The molecular formula is C19H41N4O9+. The monoisotopic (exact) mass is 469 g/mol. The highest BCUT2D eigenvalue weighted by Crippen LogP contribution is 2.10. The second-order valence-corrected chi connectivity index (χ2v) is 6.71. The molecule has 0 amide bonds. The van der Waals surface area contributed by atoms with Gasteiger partial charge in [0.15, 0.2) is 6.34 Å². The lowest BCUT2D eigenvalue weighted by Crippen LogP contribution is -2.48. The molecule has 1 heterocycles. The van der Waals surface area contributed by atoms with Crippen LogP contribution in [0.4, 0.5) is 0 Å². The standard InChI is InChI=1S/C11H18N2O5.2C4H11NO2/c14-10(15)1-4-13(5-3-12-9-13)6-8-18-7-2-11(16)17;2*6-3-1-5-2-4-7/h9H,1-8H2,(H-,14,15,16,17);2*5-7H,1-4H2/p+1. The first kappa shape index (κ1) is 32.5. The van der Waals surface area contributed by atoms with Gasteiger partial charge in [-0.1, -0.05) is 0 Å². The minimum Gasteiger partial charge on any atom is -0.481 e. The van der Waals surface area contributed by atoms with Crippen molar-refractivity contribution in [2.75, 3.05) is 92.0 Å². The van der Waals surface area contributed by atoms with E-state index in [1.54, 1.807) is 6.34 Å². The maximum atomic E-state index is 10.6. The van der Waals surface area contributed by atoms with Crippen LogP contribution in [0.1, 0.15) is 12.8 Å². The fraction of sp³-hybridized carbons (Fsp3) is 0.842. The third kappa shape index (κ3) is 23.0. The Morgan fingerprint density at radius 1 is 0.812 bits per heavy atom. The second-order valence-electron chi connectivity index (χ2n) is 6.71. The first-order valence-corrected chi connectivity index (χ1v) is 10.6. The van der Waals surface area contributed by atoms with Crippen LogP contribution < -0.4 is 10.6 Å². The van der Waals surface area contributed by atoms with Gasteiger partial charge < -0.3 is 46.0 Å². The van der Waals surface area contributed by atoms with Crippen molar-refractivity contribution >= 4 is 18.3 Å². The third-order valence-corrected chi connectivity index (χ3v) is 4.07. The van der Waals surface area contributed by atoms with E-state index in [-0.39, 0.29) is 45.9 Å². The van der Waals surface area contributed by atoms with Crippen molar-refractivity contribution in [1.29, 1.82) is 0 Å². The molecule has 8 N–H and O–H groups in total. The van der Waals surface area contributed by atoms with Crippen LogP contribution in [0, 0.1) is 0 Å². The lowest BCUT2D eigenvalue weighted by Gasteiger charge is -2.29. The third-order valence-electron chi connectivity index (χ3n) is 4.07. The highest BCUT2D eigenvalue weighted by Gasteiger charge is 2.29. The van der Waals surface area contributed by atoms with Gasteiger partial charge in [-0.2, -0.15) is 0 Å². The molecule has 0 saturated carbocycles. The molecule has 1 atom stereocenters. The molecule has 0 aromatic rings. The van der Waals surface area contributed by atoms with E-state index in [4.69, 9.17) is 35.4 Å². The van der Waals surface area contributed by atoms with Crippen LogP contribution in [-0.4, -0.2) is 145 Å². The minimum atomic E-state index is -0.882. The number of quaternary nitrogens is 1. The molecule has 1 aliphatic rings. The van der Waals surface area contributed by atoms with Crippen molar-refractivity contribution in [2.24, 2.45) is 4.99 Å². The zero-order valence-electron chi connectivity index (χ0n) is 18.7. The van der Waals surface area contributed by atoms with E-state index in [1.807, 2.05) is 0 Å². The van der Waals surface area contributed by atoms with E-state index in [2.05, 4.69) is 15.6 Å². The number of ether oxygens (including phenoxy) is 1. The van der Waals surface area contributed by atoms with E-state index in [1.165, 1.54) is 0 Å². The van der Waals surface area contributed by atoms with Crippen molar-refractivity contribution < 1.29 is 49.4 Å². The fourth-order valence-electron chi connectivity index (χ4n) is 2.39. The van der Waals surface area contributed by atoms with E-state index in [0.29, 0.717) is 56.9 Å². The Morgan fingerprint density at radius 3 is 1.69 bits per heavy atom. The molecular weight excluding hydrogens is 428 g/mol. The molecule has 32 heavy (non-hydrogen) atoms. The Labute approximate surface area is 188 Å². The zero-order chi connectivity index (χ0) is 24.5. The Morgan fingerprint density at radius 2 is 1.31 bits per heavy atom. The number of carbonyl (C=O) groups is 2. The summed E-state index contributed by atoms with van der Waals surface area (Å²) in [5, 5.41) is 55.3. The van der Waals surface area contributed by atoms with Crippen LogP contribution in [-0.2, 0) is 14.3 Å². The van der Waals surface area contributed by atoms with E-state index in [0.717, 1.165) is 6.54 Å². The van der Waals surface area contributed by atoms with Gasteiger partial charge in [-0.25, -0.2) is 4.99 Å². The highest BCUT2D eigenvalue weighted by atomic mass is 16.5. The molecule has 13 nitrogen and oxygen atoms in total. The lowest BCUT2D eigenvalue weighted by atomic mass is 10.3. The predicted octanol–water partition coefficient (Wildman–Crippen LogP) is -3.07. The fourth-order valence-corrected chi connectivity index (χ4v) is 2.39. The number of carboxylic acid groups (broad SMARTS) is 2. The van der Waals surface area contributed by atoms with Crippen LogP contribution in [0.3, 0.4) is 0 Å². The van der Waals surface area contributed by atoms with Crippen LogP contribution in [0.25, 0.3) is 0 Å². The second kappa shape index (κ2) is 23.9. The summed E-state index contributed by atoms with van der Waals surface area (Å²) in [5.74, 6) is -1.70. The van der Waals surface area contributed by atoms with Gasteiger partial charge in [-0.15, -0.1) is 0 Å². The van der Waals surface area contributed by atoms with Gasteiger partial charge in [0.25, 0.3) is 0 Å². The first-order chi connectivity index (χ1) is 15.4. The summed E-state index contributed by atoms with van der Waals surface area (Å²) in [4.78, 5) is 25.0. The van der Waals surface area contributed by atoms with Gasteiger partial charge in [0.1, 0.15) is 13.1 Å². The summed E-state index contributed by atoms with van der Waals surface area (Å²) in [6, 6.07) is 0. The van der Waals surface area contributed by atoms with Crippen molar-refractivity contribution in [2.45, 2.75) is 12.8 Å². The molecule has 13 heteroatoms. The van der Waals surface area contributed by atoms with Crippen molar-refractivity contribution in [1.82, 2.24) is 10.6 Å². The van der Waals surface area contributed by atoms with Crippen molar-refractivity contribution in [3.05, 3.63) is 0 Å². The summed E-state index contributed by atoms with van der Waals surface area (Å²) in [6.45, 7) is 6.06. The Bertz CT molecular complexity index is 466. The van der Waals surface area contributed by atoms with Crippen LogP contribution >= 0.6 is 0 Å². The van der Waals surface area contributed by atoms with Gasteiger partial charge in [0.05, 0.1) is 65.6 Å². The minimum absolute atomic E-state index is 0.0107. The number of rotatable bonds is 17. The van der Waals surface area contributed by atoms with Gasteiger partial charge >= 0.3 is 11.9 Å². The van der Waals surface area contributed by atoms with E-state index in [9.17, 15) is 9.59 Å². The molecule has 0 aromatic heterocycles. The van der Waals surface area contributed by atoms with Gasteiger partial charge in [-0.05, 0) is 0 Å². The quantitative estimate of drug-likeness (QED) is 0.0793. The van der Waals surface area contributed by atoms with E-state index >= 15 is 0 Å². The molecule has 190 valence electrons. The van der Waals surface area contributed by atoms with Crippen LogP contribution in [0.5, 0.6) is 0 Å². The number of hydrogen-bond donors (Lipinski definition) is 8. The number of aliphatic imine (C=N–C) groups is 1. The van der Waals surface area contributed by atoms with Crippen molar-refractivity contribution in [3.63, 3.8) is 0 Å². The Balaban J connectivity index is 0. The largest absolute Gasteiger partial charge is 0.481 e. The SMILES string of the molecule is O=C(O)CCOCC[N+]1(CCC(=O)O)C=NCC1.OCCNCCO.OCCNCCO. The first-order valence-electron chi connectivity index (χ1n) is 10.6. The number of aliphatic hydroxyl groups is 4. The van der Waals surface area contributed by atoms with Crippen LogP contribution in [0.2, 0.25) is 0 Å². The normalized spacial score (nSPS) is 16.6. The van der Waals surface area contributed by atoms with Gasteiger partial charge in [-0.3, -0.25) is 14.1 Å². The molecule has 0 saturated heterocycles. The molecule has 0 aliphatic carbocycles. The molecule has 1 unspecified atom stereocenters. The molecule has 0 aromatic carbocycles. The molecule has 1 rings (SSSR count). The summed E-state index contributed by atoms with van der Waals surface area (Å²) in [5.41, 5.74) is 0. The molecule has 0 bridgehead atoms. The average Bonchev–Trinajstić information content (AvgIpc) is 3.23. The number of nitrogens with one attached hydrogen (secondary N) is 2. The summed E-state index contributed by atoms with van der Waals surface area (Å²) < 4.78 is 5.75. The number of aliphatic hydroxyl groups excluding tert-OH is 4. The highest BCUT2D eigenvalue weighted by molar-refractivity contribution is 5.67. The average molecular weight is 470 g/mol. The molecule has 1 aliphatic heterocycles. The summed E-state index contributed by atoms with van der Waals surface area (Å²) in [7, 11) is 0. The van der Waals surface area contributed by atoms with Crippen molar-refractivity contribution in [3.8, 4) is 0 Å². The zero-order valence-corrected chi connectivity index (χ0v) is 18.7. The number of carboxylic acids is 2. The molecule has 0 spiro atoms. The smallest absolute Gasteiger partial charge is 0.309 e. The lowest BCUT2D eigenvalue weighted by molar-refractivity contribution is -0.828. The Hall–Kier alpha value is -1.71. The maximum absolute atomic E-state index is 10.6. The predicted molar refractivity (Wildman–Crippen MR) is 118 cm³/mol. The topological polar surface area (TPSA) is 201 Å². The number of nitrogens with zero attached hydrogens (tertiary/aromatic N) is 2. The van der Waals surface area contributed by atoms with Gasteiger partial charge in [0, 0.05) is 26.2 Å². The number of aliphatic carboxylic acids is 2. The molecule has 0 fully saturated rings. The molecule has 0 radical (unpaired) electrons. The van der Waals surface area contributed by atoms with Crippen LogP contribution in [0.15, 0.2) is 4.99 Å².